The van der Waals surface area contributed by atoms with Gasteiger partial charge in [-0.2, -0.15) is 0 Å². The van der Waals surface area contributed by atoms with Crippen LogP contribution in [-0.4, -0.2) is 36.1 Å². The Balaban J connectivity index is 1.95. The minimum atomic E-state index is -3.23. The molecule has 1 amide bonds. The quantitative estimate of drug-likeness (QED) is 0.834. The van der Waals surface area contributed by atoms with Gasteiger partial charge in [0.2, 0.25) is 0 Å². The highest BCUT2D eigenvalue weighted by atomic mass is 32.2. The zero-order valence-electron chi connectivity index (χ0n) is 11.8. The molecule has 2 aromatic rings. The number of rotatable bonds is 2. The Morgan fingerprint density at radius 1 is 1.45 bits per heavy atom. The first-order chi connectivity index (χ1) is 10.3. The lowest BCUT2D eigenvalue weighted by atomic mass is 10.2. The van der Waals surface area contributed by atoms with Crippen LogP contribution in [-0.2, 0) is 9.84 Å². The van der Waals surface area contributed by atoms with E-state index in [1.165, 1.54) is 6.08 Å². The molecule has 0 aromatic carbocycles. The summed E-state index contributed by atoms with van der Waals surface area (Å²) >= 11 is 1.13. The number of thiophene rings is 1. The first-order valence-corrected chi connectivity index (χ1v) is 9.02. The highest BCUT2D eigenvalue weighted by Gasteiger charge is 2.25. The van der Waals surface area contributed by atoms with E-state index in [1.54, 1.807) is 13.8 Å². The van der Waals surface area contributed by atoms with Gasteiger partial charge in [0.1, 0.15) is 10.7 Å². The Morgan fingerprint density at radius 2 is 2.18 bits per heavy atom. The molecule has 1 atom stereocenters. The molecule has 3 heterocycles. The minimum Gasteiger partial charge on any atom is -0.344 e. The standard InChI is InChI=1S/C13H13N3O4S2/c1-6-9-11(17)14-7(2)15-13(9)21-10(6)12(18)16-8-3-4-22(19,20)5-8/h3-4,8H,5H2,1-2H3,(H,16,18)(H,14,15,17). The summed E-state index contributed by atoms with van der Waals surface area (Å²) in [6, 6.07) is -0.546. The number of sulfone groups is 1. The SMILES string of the molecule is Cc1nc2sc(C(=O)NC3C=CS(=O)(=O)C3)c(C)c2c(=O)[nH]1. The summed E-state index contributed by atoms with van der Waals surface area (Å²) < 4.78 is 22.7. The second-order valence-electron chi connectivity index (χ2n) is 5.13. The molecule has 0 bridgehead atoms. The Morgan fingerprint density at radius 3 is 2.82 bits per heavy atom. The zero-order chi connectivity index (χ0) is 16.1. The van der Waals surface area contributed by atoms with Gasteiger partial charge in [0.25, 0.3) is 11.5 Å². The van der Waals surface area contributed by atoms with Crippen LogP contribution in [0.1, 0.15) is 21.1 Å². The molecule has 2 N–H and O–H groups in total. The van der Waals surface area contributed by atoms with Gasteiger partial charge >= 0.3 is 0 Å². The molecule has 1 aliphatic rings. The first kappa shape index (κ1) is 14.9. The fourth-order valence-corrected chi connectivity index (χ4v) is 4.73. The Labute approximate surface area is 130 Å². The maximum absolute atomic E-state index is 12.3. The molecule has 7 nitrogen and oxygen atoms in total. The van der Waals surface area contributed by atoms with E-state index in [-0.39, 0.29) is 11.3 Å². The lowest BCUT2D eigenvalue weighted by molar-refractivity contribution is 0.0951. The summed E-state index contributed by atoms with van der Waals surface area (Å²) in [4.78, 5) is 32.0. The minimum absolute atomic E-state index is 0.138. The summed E-state index contributed by atoms with van der Waals surface area (Å²) in [5.74, 6) is -0.0551. The Kier molecular flexibility index (Phi) is 3.41. The molecule has 22 heavy (non-hydrogen) atoms. The van der Waals surface area contributed by atoms with Gasteiger partial charge in [-0.1, -0.05) is 0 Å². The van der Waals surface area contributed by atoms with Gasteiger partial charge < -0.3 is 10.3 Å². The second kappa shape index (κ2) is 5.03. The van der Waals surface area contributed by atoms with Crippen molar-refractivity contribution in [1.82, 2.24) is 15.3 Å². The number of aromatic amines is 1. The first-order valence-electron chi connectivity index (χ1n) is 6.49. The molecule has 116 valence electrons. The van der Waals surface area contributed by atoms with Crippen LogP contribution in [0.2, 0.25) is 0 Å². The van der Waals surface area contributed by atoms with E-state index in [0.29, 0.717) is 26.5 Å². The van der Waals surface area contributed by atoms with Crippen molar-refractivity contribution in [3.63, 3.8) is 0 Å². The van der Waals surface area contributed by atoms with E-state index in [2.05, 4.69) is 15.3 Å². The third-order valence-electron chi connectivity index (χ3n) is 3.37. The molecule has 1 unspecified atom stereocenters. The molecule has 1 aliphatic heterocycles. The fourth-order valence-electron chi connectivity index (χ4n) is 2.37. The van der Waals surface area contributed by atoms with Gasteiger partial charge in [-0.05, 0) is 25.5 Å². The summed E-state index contributed by atoms with van der Waals surface area (Å²) in [6.45, 7) is 3.35. The number of aromatic nitrogens is 2. The molecule has 0 fully saturated rings. The van der Waals surface area contributed by atoms with Crippen molar-refractivity contribution in [1.29, 1.82) is 0 Å². The van der Waals surface area contributed by atoms with Gasteiger partial charge in [-0.25, -0.2) is 13.4 Å². The van der Waals surface area contributed by atoms with Gasteiger partial charge in [0.05, 0.1) is 22.1 Å². The van der Waals surface area contributed by atoms with Crippen molar-refractivity contribution >= 4 is 37.3 Å². The number of amides is 1. The van der Waals surface area contributed by atoms with E-state index in [1.807, 2.05) is 0 Å². The van der Waals surface area contributed by atoms with E-state index >= 15 is 0 Å². The van der Waals surface area contributed by atoms with Crippen molar-refractivity contribution in [2.24, 2.45) is 0 Å². The van der Waals surface area contributed by atoms with Crippen LogP contribution >= 0.6 is 11.3 Å². The third kappa shape index (κ3) is 2.57. The normalized spacial score (nSPS) is 19.6. The van der Waals surface area contributed by atoms with E-state index in [0.717, 1.165) is 16.7 Å². The number of hydrogen-bond acceptors (Lipinski definition) is 6. The van der Waals surface area contributed by atoms with Crippen LogP contribution in [0.3, 0.4) is 0 Å². The van der Waals surface area contributed by atoms with Crippen LogP contribution in [0, 0.1) is 13.8 Å². The van der Waals surface area contributed by atoms with Crippen molar-refractivity contribution in [2.45, 2.75) is 19.9 Å². The van der Waals surface area contributed by atoms with Gasteiger partial charge in [-0.3, -0.25) is 9.59 Å². The number of aryl methyl sites for hydroxylation is 2. The number of nitrogens with zero attached hydrogens (tertiary/aromatic N) is 1. The summed E-state index contributed by atoms with van der Waals surface area (Å²) in [7, 11) is -3.23. The van der Waals surface area contributed by atoms with Crippen molar-refractivity contribution in [3.8, 4) is 0 Å². The van der Waals surface area contributed by atoms with E-state index in [4.69, 9.17) is 0 Å². The molecule has 0 saturated heterocycles. The zero-order valence-corrected chi connectivity index (χ0v) is 13.5. The lowest BCUT2D eigenvalue weighted by Gasteiger charge is -2.09. The van der Waals surface area contributed by atoms with Crippen LogP contribution in [0.15, 0.2) is 16.3 Å². The van der Waals surface area contributed by atoms with E-state index < -0.39 is 21.8 Å². The number of carbonyl (C=O) groups is 1. The van der Waals surface area contributed by atoms with Crippen LogP contribution in [0.25, 0.3) is 10.2 Å². The summed E-state index contributed by atoms with van der Waals surface area (Å²) in [5, 5.41) is 4.15. The van der Waals surface area contributed by atoms with Crippen molar-refractivity contribution < 1.29 is 13.2 Å². The van der Waals surface area contributed by atoms with Crippen LogP contribution in [0.4, 0.5) is 0 Å². The monoisotopic (exact) mass is 339 g/mol. The topological polar surface area (TPSA) is 109 Å². The highest BCUT2D eigenvalue weighted by molar-refractivity contribution is 7.94. The summed E-state index contributed by atoms with van der Waals surface area (Å²) in [5.41, 5.74) is 0.273. The molecule has 0 spiro atoms. The largest absolute Gasteiger partial charge is 0.344 e. The molecular formula is C13H13N3O4S2. The van der Waals surface area contributed by atoms with Crippen LogP contribution < -0.4 is 10.9 Å². The smallest absolute Gasteiger partial charge is 0.262 e. The maximum atomic E-state index is 12.3. The Bertz CT molecular complexity index is 969. The van der Waals surface area contributed by atoms with Gasteiger partial charge in [0.15, 0.2) is 9.84 Å². The predicted octanol–water partition coefficient (Wildman–Crippen LogP) is 0.642. The third-order valence-corrected chi connectivity index (χ3v) is 5.95. The molecular weight excluding hydrogens is 326 g/mol. The van der Waals surface area contributed by atoms with E-state index in [9.17, 15) is 18.0 Å². The van der Waals surface area contributed by atoms with Gasteiger partial charge in [-0.15, -0.1) is 11.3 Å². The summed E-state index contributed by atoms with van der Waals surface area (Å²) in [6.07, 6.45) is 1.45. The predicted molar refractivity (Wildman–Crippen MR) is 83.9 cm³/mol. The molecule has 9 heteroatoms. The van der Waals surface area contributed by atoms with Crippen LogP contribution in [0.5, 0.6) is 0 Å². The number of nitrogens with one attached hydrogen (secondary N) is 2. The average molecular weight is 339 g/mol. The number of carbonyl (C=O) groups excluding carboxylic acids is 1. The number of fused-ring (bicyclic) bond motifs is 1. The van der Waals surface area contributed by atoms with Crippen molar-refractivity contribution in [2.75, 3.05) is 5.75 Å². The molecule has 0 radical (unpaired) electrons. The van der Waals surface area contributed by atoms with Gasteiger partial charge in [0, 0.05) is 5.41 Å². The Hall–Kier alpha value is -2.00. The molecule has 0 aliphatic carbocycles. The lowest BCUT2D eigenvalue weighted by Crippen LogP contribution is -2.35. The van der Waals surface area contributed by atoms with Crippen molar-refractivity contribution in [3.05, 3.63) is 38.1 Å². The maximum Gasteiger partial charge on any atom is 0.262 e. The second-order valence-corrected chi connectivity index (χ2v) is 8.06. The highest BCUT2D eigenvalue weighted by Crippen LogP contribution is 2.27. The number of H-pyrrole nitrogens is 1. The fraction of sp³-hybridized carbons (Fsp3) is 0.308. The average Bonchev–Trinajstić information content (AvgIpc) is 2.89. The molecule has 3 rings (SSSR count). The molecule has 2 aromatic heterocycles. The number of hydrogen-bond donors (Lipinski definition) is 2. The molecule has 0 saturated carbocycles.